The first-order valence-corrected chi connectivity index (χ1v) is 4.43. The van der Waals surface area contributed by atoms with E-state index in [0.29, 0.717) is 0 Å². The van der Waals surface area contributed by atoms with Crippen LogP contribution in [0.2, 0.25) is 0 Å². The highest BCUT2D eigenvalue weighted by Gasteiger charge is 2.19. The summed E-state index contributed by atoms with van der Waals surface area (Å²) >= 11 is 0. The average Bonchev–Trinajstić information content (AvgIpc) is 1.88. The van der Waals surface area contributed by atoms with Crippen molar-refractivity contribution in [1.29, 1.82) is 0 Å². The number of rotatable bonds is 1. The summed E-state index contributed by atoms with van der Waals surface area (Å²) in [5, 5.41) is 3.57. The molecule has 0 amide bonds. The molecule has 0 aromatic carbocycles. The Bertz CT molecular complexity index is 95.7. The Morgan fingerprint density at radius 3 is 2.27 bits per heavy atom. The first-order valence-electron chi connectivity index (χ1n) is 4.43. The molecule has 0 unspecified atom stereocenters. The zero-order chi connectivity index (χ0) is 7.56. The highest BCUT2D eigenvalue weighted by atomic mass is 35.5. The molecule has 1 heterocycles. The maximum absolute atomic E-state index is 3.57. The van der Waals surface area contributed by atoms with Crippen molar-refractivity contribution >= 4 is 12.4 Å². The number of hydrogen-bond acceptors (Lipinski definition) is 1. The van der Waals surface area contributed by atoms with Crippen molar-refractivity contribution in [2.24, 2.45) is 11.8 Å². The van der Waals surface area contributed by atoms with Crippen LogP contribution in [0.3, 0.4) is 0 Å². The molecule has 1 aliphatic rings. The van der Waals surface area contributed by atoms with E-state index in [0.717, 1.165) is 17.9 Å². The molecule has 0 aromatic heterocycles. The van der Waals surface area contributed by atoms with Crippen LogP contribution in [0.1, 0.15) is 33.6 Å². The van der Waals surface area contributed by atoms with Gasteiger partial charge in [-0.3, -0.25) is 0 Å². The molecule has 0 saturated carbocycles. The van der Waals surface area contributed by atoms with Crippen molar-refractivity contribution in [3.05, 3.63) is 0 Å². The molecule has 11 heavy (non-hydrogen) atoms. The van der Waals surface area contributed by atoms with Crippen LogP contribution >= 0.6 is 12.4 Å². The minimum atomic E-state index is 0. The van der Waals surface area contributed by atoms with Crippen molar-refractivity contribution in [3.8, 4) is 0 Å². The van der Waals surface area contributed by atoms with Crippen LogP contribution in [0, 0.1) is 11.8 Å². The zero-order valence-corrected chi connectivity index (χ0v) is 8.58. The van der Waals surface area contributed by atoms with Gasteiger partial charge in [0.1, 0.15) is 0 Å². The second-order valence-corrected chi connectivity index (χ2v) is 3.94. The third kappa shape index (κ3) is 3.44. The maximum atomic E-state index is 3.57. The standard InChI is InChI=1S/C9H19N.ClH/c1-7(2)9-5-4-8(3)6-10-9;/h7-10H,4-6H2,1-3H3;1H/t8-,9+;/m1./s1. The smallest absolute Gasteiger partial charge is 0.00902 e. The molecule has 1 saturated heterocycles. The molecule has 0 aromatic rings. The van der Waals surface area contributed by atoms with Crippen LogP contribution in [0.15, 0.2) is 0 Å². The normalized spacial score (nSPS) is 31.6. The van der Waals surface area contributed by atoms with Gasteiger partial charge in [0.2, 0.25) is 0 Å². The summed E-state index contributed by atoms with van der Waals surface area (Å²) in [5.74, 6) is 1.71. The van der Waals surface area contributed by atoms with E-state index in [1.54, 1.807) is 0 Å². The van der Waals surface area contributed by atoms with Crippen molar-refractivity contribution in [1.82, 2.24) is 5.32 Å². The SMILES string of the molecule is CC(C)[C@@H]1CC[C@@H](C)CN1.Cl. The average molecular weight is 178 g/mol. The lowest BCUT2D eigenvalue weighted by Gasteiger charge is -2.30. The number of halogens is 1. The maximum Gasteiger partial charge on any atom is 0.00902 e. The van der Waals surface area contributed by atoms with Crippen LogP contribution in [0.5, 0.6) is 0 Å². The monoisotopic (exact) mass is 177 g/mol. The van der Waals surface area contributed by atoms with Gasteiger partial charge in [-0.25, -0.2) is 0 Å². The van der Waals surface area contributed by atoms with E-state index >= 15 is 0 Å². The van der Waals surface area contributed by atoms with Gasteiger partial charge in [0.25, 0.3) is 0 Å². The molecule has 0 aliphatic carbocycles. The fraction of sp³-hybridized carbons (Fsp3) is 1.00. The molecule has 2 heteroatoms. The molecule has 1 N–H and O–H groups in total. The summed E-state index contributed by atoms with van der Waals surface area (Å²) in [6, 6.07) is 0.788. The van der Waals surface area contributed by atoms with Gasteiger partial charge in [-0.2, -0.15) is 0 Å². The van der Waals surface area contributed by atoms with Crippen molar-refractivity contribution in [2.75, 3.05) is 6.54 Å². The quantitative estimate of drug-likeness (QED) is 0.649. The van der Waals surface area contributed by atoms with Gasteiger partial charge in [-0.1, -0.05) is 20.8 Å². The Kier molecular flexibility index (Phi) is 5.11. The van der Waals surface area contributed by atoms with Crippen LogP contribution < -0.4 is 5.32 Å². The Hall–Kier alpha value is 0.250. The van der Waals surface area contributed by atoms with Crippen LogP contribution in [-0.4, -0.2) is 12.6 Å². The molecule has 1 fully saturated rings. The molecular weight excluding hydrogens is 158 g/mol. The van der Waals surface area contributed by atoms with Gasteiger partial charge in [-0.05, 0) is 31.2 Å². The first-order chi connectivity index (χ1) is 4.70. The summed E-state index contributed by atoms with van der Waals surface area (Å²) in [5.41, 5.74) is 0. The highest BCUT2D eigenvalue weighted by Crippen LogP contribution is 2.17. The second kappa shape index (κ2) is 5.00. The molecule has 1 nitrogen and oxygen atoms in total. The van der Waals surface area contributed by atoms with E-state index in [9.17, 15) is 0 Å². The van der Waals surface area contributed by atoms with Crippen LogP contribution in [0.25, 0.3) is 0 Å². The van der Waals surface area contributed by atoms with E-state index in [1.807, 2.05) is 0 Å². The lowest BCUT2D eigenvalue weighted by Crippen LogP contribution is -2.41. The number of piperidine rings is 1. The number of hydrogen-bond donors (Lipinski definition) is 1. The third-order valence-electron chi connectivity index (χ3n) is 2.50. The molecule has 0 spiro atoms. The summed E-state index contributed by atoms with van der Waals surface area (Å²) in [7, 11) is 0. The Morgan fingerprint density at radius 2 is 1.91 bits per heavy atom. The largest absolute Gasteiger partial charge is 0.313 e. The predicted molar refractivity (Wildman–Crippen MR) is 52.3 cm³/mol. The molecule has 1 rings (SSSR count). The van der Waals surface area contributed by atoms with Gasteiger partial charge in [-0.15, -0.1) is 12.4 Å². The van der Waals surface area contributed by atoms with Crippen LogP contribution in [0.4, 0.5) is 0 Å². The van der Waals surface area contributed by atoms with E-state index in [4.69, 9.17) is 0 Å². The molecule has 0 bridgehead atoms. The summed E-state index contributed by atoms with van der Waals surface area (Å²) in [4.78, 5) is 0. The minimum Gasteiger partial charge on any atom is -0.313 e. The summed E-state index contributed by atoms with van der Waals surface area (Å²) in [6.45, 7) is 8.15. The topological polar surface area (TPSA) is 12.0 Å². The van der Waals surface area contributed by atoms with E-state index < -0.39 is 0 Å². The fourth-order valence-corrected chi connectivity index (χ4v) is 1.59. The van der Waals surface area contributed by atoms with Gasteiger partial charge in [0, 0.05) is 6.04 Å². The van der Waals surface area contributed by atoms with E-state index in [2.05, 4.69) is 26.1 Å². The Labute approximate surface area is 76.4 Å². The second-order valence-electron chi connectivity index (χ2n) is 3.94. The van der Waals surface area contributed by atoms with Crippen molar-refractivity contribution in [2.45, 2.75) is 39.7 Å². The minimum absolute atomic E-state index is 0. The van der Waals surface area contributed by atoms with E-state index in [1.165, 1.54) is 19.4 Å². The molecule has 68 valence electrons. The zero-order valence-electron chi connectivity index (χ0n) is 7.76. The van der Waals surface area contributed by atoms with Crippen molar-refractivity contribution in [3.63, 3.8) is 0 Å². The van der Waals surface area contributed by atoms with Crippen molar-refractivity contribution < 1.29 is 0 Å². The summed E-state index contributed by atoms with van der Waals surface area (Å²) < 4.78 is 0. The van der Waals surface area contributed by atoms with Gasteiger partial charge >= 0.3 is 0 Å². The lowest BCUT2D eigenvalue weighted by molar-refractivity contribution is 0.277. The summed E-state index contributed by atoms with van der Waals surface area (Å²) in [6.07, 6.45) is 2.79. The Balaban J connectivity index is 0.000001000. The van der Waals surface area contributed by atoms with E-state index in [-0.39, 0.29) is 12.4 Å². The Morgan fingerprint density at radius 1 is 1.27 bits per heavy atom. The molecule has 1 aliphatic heterocycles. The highest BCUT2D eigenvalue weighted by molar-refractivity contribution is 5.85. The number of nitrogens with one attached hydrogen (secondary N) is 1. The van der Waals surface area contributed by atoms with Gasteiger partial charge in [0.05, 0.1) is 0 Å². The predicted octanol–water partition coefficient (Wildman–Crippen LogP) is 2.45. The molecule has 0 radical (unpaired) electrons. The lowest BCUT2D eigenvalue weighted by atomic mass is 9.90. The van der Waals surface area contributed by atoms with Gasteiger partial charge < -0.3 is 5.32 Å². The molecular formula is C9H20ClN. The molecule has 2 atom stereocenters. The first kappa shape index (κ1) is 11.2. The fourth-order valence-electron chi connectivity index (χ4n) is 1.59. The third-order valence-corrected chi connectivity index (χ3v) is 2.50. The van der Waals surface area contributed by atoms with Gasteiger partial charge in [0.15, 0.2) is 0 Å². The van der Waals surface area contributed by atoms with Crippen LogP contribution in [-0.2, 0) is 0 Å².